The fraction of sp³-hybridized carbons (Fsp3) is 0.625. The highest BCUT2D eigenvalue weighted by Crippen LogP contribution is 2.23. The van der Waals surface area contributed by atoms with Crippen molar-refractivity contribution in [2.45, 2.75) is 46.6 Å². The van der Waals surface area contributed by atoms with E-state index in [0.717, 1.165) is 18.7 Å². The Bertz CT molecular complexity index is 362. The van der Waals surface area contributed by atoms with Crippen LogP contribution in [-0.2, 0) is 6.42 Å². The third-order valence-corrected chi connectivity index (χ3v) is 3.67. The number of hydrogen-bond donors (Lipinski definition) is 1. The molecule has 0 saturated carbocycles. The minimum absolute atomic E-state index is 0.524. The van der Waals surface area contributed by atoms with Crippen LogP contribution in [0.1, 0.15) is 38.3 Å². The van der Waals surface area contributed by atoms with Gasteiger partial charge in [-0.3, -0.25) is 0 Å². The zero-order valence-electron chi connectivity index (χ0n) is 12.4. The van der Waals surface area contributed by atoms with Gasteiger partial charge < -0.3 is 10.1 Å². The minimum Gasteiger partial charge on any atom is -0.496 e. The van der Waals surface area contributed by atoms with E-state index in [2.05, 4.69) is 51.2 Å². The molecule has 1 N–H and O–H groups in total. The number of likely N-dealkylation sites (N-methyl/N-ethyl adjacent to an activating group) is 1. The molecule has 1 rings (SSSR count). The standard InChI is InChI=1S/C16H27NO/c1-6-13(4)15(17-7-2)11-14-10-12(3)8-9-16(14)18-5/h8-10,13,15,17H,6-7,11H2,1-5H3. The first-order valence-electron chi connectivity index (χ1n) is 6.99. The Labute approximate surface area is 112 Å². The lowest BCUT2D eigenvalue weighted by Crippen LogP contribution is -2.36. The first kappa shape index (κ1) is 15.0. The van der Waals surface area contributed by atoms with Crippen molar-refractivity contribution in [1.82, 2.24) is 5.32 Å². The van der Waals surface area contributed by atoms with Crippen LogP contribution in [0.25, 0.3) is 0 Å². The van der Waals surface area contributed by atoms with Gasteiger partial charge in [0, 0.05) is 6.04 Å². The van der Waals surface area contributed by atoms with Crippen molar-refractivity contribution in [2.75, 3.05) is 13.7 Å². The van der Waals surface area contributed by atoms with Gasteiger partial charge in [0.2, 0.25) is 0 Å². The topological polar surface area (TPSA) is 21.3 Å². The summed E-state index contributed by atoms with van der Waals surface area (Å²) in [6.07, 6.45) is 2.24. The first-order chi connectivity index (χ1) is 8.62. The molecule has 0 amide bonds. The lowest BCUT2D eigenvalue weighted by atomic mass is 9.92. The molecule has 2 heteroatoms. The summed E-state index contributed by atoms with van der Waals surface area (Å²) in [7, 11) is 1.75. The van der Waals surface area contributed by atoms with Gasteiger partial charge in [-0.2, -0.15) is 0 Å². The fourth-order valence-electron chi connectivity index (χ4n) is 2.33. The molecule has 2 unspecified atom stereocenters. The Kier molecular flexibility index (Phi) is 6.20. The molecule has 0 fully saturated rings. The van der Waals surface area contributed by atoms with Gasteiger partial charge in [-0.25, -0.2) is 0 Å². The molecule has 0 heterocycles. The lowest BCUT2D eigenvalue weighted by Gasteiger charge is -2.25. The molecular formula is C16H27NO. The highest BCUT2D eigenvalue weighted by molar-refractivity contribution is 5.37. The maximum absolute atomic E-state index is 5.46. The second kappa shape index (κ2) is 7.42. The van der Waals surface area contributed by atoms with Gasteiger partial charge in [0.15, 0.2) is 0 Å². The van der Waals surface area contributed by atoms with E-state index >= 15 is 0 Å². The molecule has 2 atom stereocenters. The monoisotopic (exact) mass is 249 g/mol. The summed E-state index contributed by atoms with van der Waals surface area (Å²) >= 11 is 0. The highest BCUT2D eigenvalue weighted by Gasteiger charge is 2.17. The Hall–Kier alpha value is -1.02. The van der Waals surface area contributed by atoms with Gasteiger partial charge in [0.05, 0.1) is 7.11 Å². The van der Waals surface area contributed by atoms with Crippen molar-refractivity contribution in [1.29, 1.82) is 0 Å². The second-order valence-electron chi connectivity index (χ2n) is 5.07. The fourth-order valence-corrected chi connectivity index (χ4v) is 2.33. The predicted octanol–water partition coefficient (Wildman–Crippen LogP) is 3.57. The van der Waals surface area contributed by atoms with Crippen LogP contribution in [0.15, 0.2) is 18.2 Å². The Balaban J connectivity index is 2.88. The van der Waals surface area contributed by atoms with Gasteiger partial charge in [-0.1, -0.05) is 44.9 Å². The number of ether oxygens (including phenoxy) is 1. The molecule has 0 radical (unpaired) electrons. The van der Waals surface area contributed by atoms with Gasteiger partial charge in [0.25, 0.3) is 0 Å². The van der Waals surface area contributed by atoms with E-state index in [1.165, 1.54) is 17.5 Å². The molecule has 18 heavy (non-hydrogen) atoms. The maximum Gasteiger partial charge on any atom is 0.122 e. The van der Waals surface area contributed by atoms with Crippen molar-refractivity contribution in [2.24, 2.45) is 5.92 Å². The minimum atomic E-state index is 0.524. The van der Waals surface area contributed by atoms with Crippen molar-refractivity contribution >= 4 is 0 Å². The van der Waals surface area contributed by atoms with E-state index in [0.29, 0.717) is 12.0 Å². The van der Waals surface area contributed by atoms with Crippen molar-refractivity contribution < 1.29 is 4.74 Å². The molecule has 0 saturated heterocycles. The lowest BCUT2D eigenvalue weighted by molar-refractivity contribution is 0.360. The largest absolute Gasteiger partial charge is 0.496 e. The number of nitrogens with one attached hydrogen (secondary N) is 1. The second-order valence-corrected chi connectivity index (χ2v) is 5.07. The summed E-state index contributed by atoms with van der Waals surface area (Å²) in [4.78, 5) is 0. The quantitative estimate of drug-likeness (QED) is 0.797. The number of benzene rings is 1. The van der Waals surface area contributed by atoms with E-state index in [1.54, 1.807) is 7.11 Å². The van der Waals surface area contributed by atoms with Crippen LogP contribution in [0.4, 0.5) is 0 Å². The summed E-state index contributed by atoms with van der Waals surface area (Å²) in [5, 5.41) is 3.60. The van der Waals surface area contributed by atoms with Crippen LogP contribution in [0, 0.1) is 12.8 Å². The molecular weight excluding hydrogens is 222 g/mol. The van der Waals surface area contributed by atoms with Crippen molar-refractivity contribution in [3.63, 3.8) is 0 Å². The molecule has 2 nitrogen and oxygen atoms in total. The molecule has 0 aromatic heterocycles. The van der Waals surface area contributed by atoms with Crippen LogP contribution in [-0.4, -0.2) is 19.7 Å². The summed E-state index contributed by atoms with van der Waals surface area (Å²) < 4.78 is 5.46. The Morgan fingerprint density at radius 2 is 2.00 bits per heavy atom. The third-order valence-electron chi connectivity index (χ3n) is 3.67. The maximum atomic E-state index is 5.46. The summed E-state index contributed by atoms with van der Waals surface area (Å²) in [6, 6.07) is 6.94. The average molecular weight is 249 g/mol. The van der Waals surface area contributed by atoms with Crippen LogP contribution >= 0.6 is 0 Å². The number of aryl methyl sites for hydroxylation is 1. The van der Waals surface area contributed by atoms with Crippen molar-refractivity contribution in [3.8, 4) is 5.75 Å². The average Bonchev–Trinajstić information content (AvgIpc) is 2.37. The van der Waals surface area contributed by atoms with Crippen molar-refractivity contribution in [3.05, 3.63) is 29.3 Å². The van der Waals surface area contributed by atoms with E-state index in [4.69, 9.17) is 4.74 Å². The molecule has 1 aromatic carbocycles. The van der Waals surface area contributed by atoms with Crippen LogP contribution in [0.3, 0.4) is 0 Å². The SMILES string of the molecule is CCNC(Cc1cc(C)ccc1OC)C(C)CC. The van der Waals surface area contributed by atoms with Crippen LogP contribution in [0.5, 0.6) is 5.75 Å². The number of methoxy groups -OCH3 is 1. The molecule has 102 valence electrons. The molecule has 0 bridgehead atoms. The summed E-state index contributed by atoms with van der Waals surface area (Å²) in [5.74, 6) is 1.68. The van der Waals surface area contributed by atoms with E-state index < -0.39 is 0 Å². The summed E-state index contributed by atoms with van der Waals surface area (Å²) in [5.41, 5.74) is 2.61. The normalized spacial score (nSPS) is 14.3. The number of rotatable bonds is 7. The van der Waals surface area contributed by atoms with Gasteiger partial charge >= 0.3 is 0 Å². The van der Waals surface area contributed by atoms with E-state index in [1.807, 2.05) is 0 Å². The van der Waals surface area contributed by atoms with Gasteiger partial charge in [0.1, 0.15) is 5.75 Å². The first-order valence-corrected chi connectivity index (χ1v) is 6.99. The Morgan fingerprint density at radius 1 is 1.28 bits per heavy atom. The smallest absolute Gasteiger partial charge is 0.122 e. The van der Waals surface area contributed by atoms with Gasteiger partial charge in [-0.15, -0.1) is 0 Å². The van der Waals surface area contributed by atoms with E-state index in [-0.39, 0.29) is 0 Å². The predicted molar refractivity (Wildman–Crippen MR) is 78.4 cm³/mol. The summed E-state index contributed by atoms with van der Waals surface area (Å²) in [6.45, 7) is 9.89. The molecule has 1 aromatic rings. The third kappa shape index (κ3) is 4.02. The molecule has 0 aliphatic rings. The van der Waals surface area contributed by atoms with Gasteiger partial charge in [-0.05, 0) is 37.4 Å². The molecule has 0 aliphatic heterocycles. The number of hydrogen-bond acceptors (Lipinski definition) is 2. The zero-order chi connectivity index (χ0) is 13.5. The Morgan fingerprint density at radius 3 is 2.56 bits per heavy atom. The molecule has 0 spiro atoms. The van der Waals surface area contributed by atoms with E-state index in [9.17, 15) is 0 Å². The van der Waals surface area contributed by atoms with Crippen LogP contribution < -0.4 is 10.1 Å². The van der Waals surface area contributed by atoms with Crippen LogP contribution in [0.2, 0.25) is 0 Å². The highest BCUT2D eigenvalue weighted by atomic mass is 16.5. The molecule has 0 aliphatic carbocycles. The zero-order valence-corrected chi connectivity index (χ0v) is 12.4.